The predicted molar refractivity (Wildman–Crippen MR) is 88.5 cm³/mol. The first-order valence-corrected chi connectivity index (χ1v) is 7.40. The monoisotopic (exact) mass is 295 g/mol. The summed E-state index contributed by atoms with van der Waals surface area (Å²) in [5, 5.41) is 4.13. The zero-order valence-corrected chi connectivity index (χ0v) is 14.0. The highest BCUT2D eigenvalue weighted by Gasteiger charge is 2.13. The minimum Gasteiger partial charge on any atom is -0.353 e. The number of likely N-dealkylation sites (N-methyl/N-ethyl adjacent to an activating group) is 1. The molecule has 1 aromatic rings. The average molecular weight is 296 g/mol. The van der Waals surface area contributed by atoms with E-state index >= 15 is 0 Å². The van der Waals surface area contributed by atoms with Gasteiger partial charge < -0.3 is 10.2 Å². The van der Waals surface area contributed by atoms with Gasteiger partial charge in [0, 0.05) is 25.2 Å². The van der Waals surface area contributed by atoms with E-state index in [9.17, 15) is 0 Å². The van der Waals surface area contributed by atoms with Crippen molar-refractivity contribution in [2.75, 3.05) is 18.0 Å². The molecule has 0 aromatic carbocycles. The number of hydrogen-bond donors (Lipinski definition) is 1. The molecule has 0 saturated carbocycles. The molecule has 0 aliphatic rings. The third-order valence-electron chi connectivity index (χ3n) is 2.86. The van der Waals surface area contributed by atoms with E-state index in [1.165, 1.54) is 0 Å². The van der Waals surface area contributed by atoms with E-state index in [1.807, 2.05) is 19.1 Å². The lowest BCUT2D eigenvalue weighted by Gasteiger charge is -2.24. The molecule has 0 radical (unpaired) electrons. The molecule has 0 bridgehead atoms. The Hall–Kier alpha value is -1.06. The van der Waals surface area contributed by atoms with E-state index in [-0.39, 0.29) is 5.54 Å². The van der Waals surface area contributed by atoms with E-state index in [0.717, 1.165) is 30.2 Å². The number of aromatic nitrogens is 1. The number of rotatable bonds is 6. The molecule has 0 saturated heterocycles. The van der Waals surface area contributed by atoms with Gasteiger partial charge in [-0.2, -0.15) is 0 Å². The van der Waals surface area contributed by atoms with E-state index < -0.39 is 0 Å². The maximum atomic E-state index is 6.24. The molecule has 1 rings (SSSR count). The molecule has 0 aliphatic carbocycles. The summed E-state index contributed by atoms with van der Waals surface area (Å²) in [5.74, 6) is 0.950. The Morgan fingerprint density at radius 2 is 2.05 bits per heavy atom. The van der Waals surface area contributed by atoms with E-state index in [0.29, 0.717) is 11.6 Å². The summed E-state index contributed by atoms with van der Waals surface area (Å²) in [5.41, 5.74) is 2.06. The van der Waals surface area contributed by atoms with E-state index in [1.54, 1.807) is 0 Å². The second-order valence-electron chi connectivity index (χ2n) is 6.17. The Balaban J connectivity index is 2.92. The first kappa shape index (κ1) is 17.0. The molecule has 1 N–H and O–H groups in total. The Labute approximate surface area is 128 Å². The van der Waals surface area contributed by atoms with Crippen molar-refractivity contribution >= 4 is 17.4 Å². The largest absolute Gasteiger partial charge is 0.353 e. The van der Waals surface area contributed by atoms with Gasteiger partial charge in [0.05, 0.1) is 10.7 Å². The van der Waals surface area contributed by atoms with Gasteiger partial charge in [0.15, 0.2) is 0 Å². The lowest BCUT2D eigenvalue weighted by molar-refractivity contribution is 0.421. The minimum absolute atomic E-state index is 0.0448. The van der Waals surface area contributed by atoms with Crippen LogP contribution in [0.25, 0.3) is 0 Å². The number of pyridine rings is 1. The number of hydrogen-bond acceptors (Lipinski definition) is 3. The highest BCUT2D eigenvalue weighted by Crippen LogP contribution is 2.20. The van der Waals surface area contributed by atoms with Gasteiger partial charge in [0.2, 0.25) is 0 Å². The van der Waals surface area contributed by atoms with Gasteiger partial charge in [0.25, 0.3) is 0 Å². The molecular formula is C16H26ClN3. The summed E-state index contributed by atoms with van der Waals surface area (Å²) in [6, 6.07) is 3.89. The normalized spacial score (nSPS) is 11.5. The Kier molecular flexibility index (Phi) is 6.03. The summed E-state index contributed by atoms with van der Waals surface area (Å²) < 4.78 is 0. The van der Waals surface area contributed by atoms with Crippen LogP contribution in [-0.2, 0) is 6.54 Å². The highest BCUT2D eigenvalue weighted by molar-refractivity contribution is 6.31. The Morgan fingerprint density at radius 1 is 1.40 bits per heavy atom. The smallest absolute Gasteiger partial charge is 0.129 e. The maximum absolute atomic E-state index is 6.24. The van der Waals surface area contributed by atoms with Gasteiger partial charge in [-0.3, -0.25) is 0 Å². The quantitative estimate of drug-likeness (QED) is 0.803. The fourth-order valence-corrected chi connectivity index (χ4v) is 1.97. The van der Waals surface area contributed by atoms with Gasteiger partial charge >= 0.3 is 0 Å². The molecule has 20 heavy (non-hydrogen) atoms. The van der Waals surface area contributed by atoms with Crippen molar-refractivity contribution in [1.29, 1.82) is 0 Å². The van der Waals surface area contributed by atoms with Gasteiger partial charge in [-0.15, -0.1) is 0 Å². The van der Waals surface area contributed by atoms with Gasteiger partial charge in [-0.1, -0.05) is 23.8 Å². The van der Waals surface area contributed by atoms with Crippen molar-refractivity contribution in [3.63, 3.8) is 0 Å². The van der Waals surface area contributed by atoms with Gasteiger partial charge in [0.1, 0.15) is 5.82 Å². The predicted octanol–water partition coefficient (Wildman–Crippen LogP) is 4.03. The van der Waals surface area contributed by atoms with Gasteiger partial charge in [-0.25, -0.2) is 4.98 Å². The molecule has 4 heteroatoms. The van der Waals surface area contributed by atoms with Crippen molar-refractivity contribution in [3.05, 3.63) is 35.0 Å². The van der Waals surface area contributed by atoms with Crippen molar-refractivity contribution in [3.8, 4) is 0 Å². The second-order valence-corrected chi connectivity index (χ2v) is 6.58. The Bertz CT molecular complexity index is 463. The number of halogens is 1. The van der Waals surface area contributed by atoms with Crippen LogP contribution in [0, 0.1) is 0 Å². The van der Waals surface area contributed by atoms with Crippen molar-refractivity contribution < 1.29 is 0 Å². The van der Waals surface area contributed by atoms with Crippen LogP contribution < -0.4 is 10.2 Å². The maximum Gasteiger partial charge on any atom is 0.129 e. The van der Waals surface area contributed by atoms with E-state index in [4.69, 9.17) is 11.6 Å². The van der Waals surface area contributed by atoms with E-state index in [2.05, 4.69) is 49.5 Å². The molecule has 1 heterocycles. The van der Waals surface area contributed by atoms with Crippen molar-refractivity contribution in [1.82, 2.24) is 10.3 Å². The van der Waals surface area contributed by atoms with Crippen LogP contribution in [0.2, 0.25) is 5.02 Å². The Morgan fingerprint density at radius 3 is 2.55 bits per heavy atom. The molecular weight excluding hydrogens is 270 g/mol. The number of anilines is 1. The molecule has 3 nitrogen and oxygen atoms in total. The lowest BCUT2D eigenvalue weighted by Crippen LogP contribution is -2.35. The summed E-state index contributed by atoms with van der Waals surface area (Å²) >= 11 is 6.24. The van der Waals surface area contributed by atoms with Crippen molar-refractivity contribution in [2.24, 2.45) is 0 Å². The standard InChI is InChI=1S/C16H26ClN3/c1-7-20(11-12(2)3)15-9-8-13(17)14(19-15)10-18-16(4,5)6/h8-9,18H,2,7,10-11H2,1,3-6H3. The molecule has 0 aliphatic heterocycles. The molecule has 0 spiro atoms. The summed E-state index contributed by atoms with van der Waals surface area (Å²) in [6.07, 6.45) is 0. The third-order valence-corrected chi connectivity index (χ3v) is 3.20. The van der Waals surface area contributed by atoms with Crippen molar-refractivity contribution in [2.45, 2.75) is 46.7 Å². The summed E-state index contributed by atoms with van der Waals surface area (Å²) in [7, 11) is 0. The molecule has 0 unspecified atom stereocenters. The SMILES string of the molecule is C=C(C)CN(CC)c1ccc(Cl)c(CNC(C)(C)C)n1. The third kappa shape index (κ3) is 5.51. The first-order chi connectivity index (χ1) is 9.23. The lowest BCUT2D eigenvalue weighted by atomic mass is 10.1. The van der Waals surface area contributed by atoms with Crippen LogP contribution in [0.4, 0.5) is 5.82 Å². The highest BCUT2D eigenvalue weighted by atomic mass is 35.5. The molecule has 0 fully saturated rings. The van der Waals surface area contributed by atoms with Crippen LogP contribution >= 0.6 is 11.6 Å². The first-order valence-electron chi connectivity index (χ1n) is 7.02. The zero-order chi connectivity index (χ0) is 15.3. The van der Waals surface area contributed by atoms with Crippen LogP contribution in [0.5, 0.6) is 0 Å². The molecule has 1 aromatic heterocycles. The fraction of sp³-hybridized carbons (Fsp3) is 0.562. The number of nitrogens with zero attached hydrogens (tertiary/aromatic N) is 2. The van der Waals surface area contributed by atoms with Crippen LogP contribution in [0.1, 0.15) is 40.3 Å². The topological polar surface area (TPSA) is 28.2 Å². The minimum atomic E-state index is 0.0448. The second kappa shape index (κ2) is 7.09. The molecule has 112 valence electrons. The van der Waals surface area contributed by atoms with Crippen LogP contribution in [-0.4, -0.2) is 23.6 Å². The van der Waals surface area contributed by atoms with Gasteiger partial charge in [-0.05, 0) is 46.8 Å². The van der Waals surface area contributed by atoms with Crippen LogP contribution in [0.3, 0.4) is 0 Å². The zero-order valence-electron chi connectivity index (χ0n) is 13.3. The average Bonchev–Trinajstić information content (AvgIpc) is 2.34. The summed E-state index contributed by atoms with van der Waals surface area (Å²) in [6.45, 7) is 16.9. The number of nitrogens with one attached hydrogen (secondary N) is 1. The summed E-state index contributed by atoms with van der Waals surface area (Å²) in [4.78, 5) is 6.88. The van der Waals surface area contributed by atoms with Crippen LogP contribution in [0.15, 0.2) is 24.3 Å². The molecule has 0 amide bonds. The fourth-order valence-electron chi connectivity index (χ4n) is 1.80. The molecule has 0 atom stereocenters.